The first-order valence-corrected chi connectivity index (χ1v) is 10.7. The second kappa shape index (κ2) is 9.69. The number of hydrogen-bond acceptors (Lipinski definition) is 5. The van der Waals surface area contributed by atoms with Gasteiger partial charge in [0.25, 0.3) is 0 Å². The van der Waals surface area contributed by atoms with Gasteiger partial charge in [0.1, 0.15) is 17.4 Å². The summed E-state index contributed by atoms with van der Waals surface area (Å²) in [4.78, 5) is 32.5. The first kappa shape index (κ1) is 24.1. The monoisotopic (exact) mass is 488 g/mol. The van der Waals surface area contributed by atoms with Crippen LogP contribution in [0.25, 0.3) is 0 Å². The molecule has 2 amide bonds. The van der Waals surface area contributed by atoms with Gasteiger partial charge < -0.3 is 15.4 Å². The minimum atomic E-state index is -4.66. The van der Waals surface area contributed by atoms with Crippen LogP contribution in [0, 0.1) is 18.7 Å². The number of nitrogens with one attached hydrogen (secondary N) is 2. The number of benzene rings is 1. The Morgan fingerprint density at radius 3 is 2.54 bits per heavy atom. The Hall–Kier alpha value is -4.02. The third kappa shape index (κ3) is 6.31. The van der Waals surface area contributed by atoms with Gasteiger partial charge in [-0.3, -0.25) is 9.59 Å². The zero-order valence-corrected chi connectivity index (χ0v) is 18.4. The lowest BCUT2D eigenvalue weighted by Gasteiger charge is -2.12. The number of aromatic nitrogens is 2. The van der Waals surface area contributed by atoms with E-state index in [1.54, 1.807) is 25.1 Å². The summed E-state index contributed by atoms with van der Waals surface area (Å²) in [7, 11) is 0. The molecule has 7 nitrogen and oxygen atoms in total. The van der Waals surface area contributed by atoms with Crippen LogP contribution in [0.3, 0.4) is 0 Å². The number of amides is 2. The van der Waals surface area contributed by atoms with E-state index in [4.69, 9.17) is 4.74 Å². The van der Waals surface area contributed by atoms with Crippen LogP contribution in [0.1, 0.15) is 29.5 Å². The van der Waals surface area contributed by atoms with Gasteiger partial charge in [-0.2, -0.15) is 13.2 Å². The molecule has 182 valence electrons. The minimum absolute atomic E-state index is 0.0282. The van der Waals surface area contributed by atoms with Crippen molar-refractivity contribution in [3.05, 3.63) is 71.3 Å². The lowest BCUT2D eigenvalue weighted by atomic mass is 10.1. The van der Waals surface area contributed by atoms with Crippen LogP contribution in [0.4, 0.5) is 29.1 Å². The normalized spacial score (nSPS) is 13.3. The summed E-state index contributed by atoms with van der Waals surface area (Å²) in [6.45, 7) is 1.70. The van der Waals surface area contributed by atoms with E-state index in [0.29, 0.717) is 40.9 Å². The molecule has 1 fully saturated rings. The largest absolute Gasteiger partial charge is 0.439 e. The molecule has 35 heavy (non-hydrogen) atoms. The van der Waals surface area contributed by atoms with E-state index in [1.165, 1.54) is 12.4 Å². The number of alkyl halides is 3. The van der Waals surface area contributed by atoms with E-state index in [0.717, 1.165) is 12.8 Å². The Morgan fingerprint density at radius 2 is 1.86 bits per heavy atom. The quantitative estimate of drug-likeness (QED) is 0.443. The zero-order chi connectivity index (χ0) is 25.2. The molecule has 0 atom stereocenters. The first-order chi connectivity index (χ1) is 16.6. The maximum atomic E-state index is 13.9. The predicted molar refractivity (Wildman–Crippen MR) is 118 cm³/mol. The Labute approximate surface area is 197 Å². The number of halogens is 4. The molecule has 0 spiro atoms. The molecule has 1 aliphatic carbocycles. The van der Waals surface area contributed by atoms with Crippen LogP contribution in [-0.2, 0) is 22.2 Å². The lowest BCUT2D eigenvalue weighted by molar-refractivity contribution is -0.137. The molecule has 0 saturated heterocycles. The number of hydrogen-bond donors (Lipinski definition) is 2. The highest BCUT2D eigenvalue weighted by Gasteiger charge is 2.31. The predicted octanol–water partition coefficient (Wildman–Crippen LogP) is 5.26. The van der Waals surface area contributed by atoms with Crippen LogP contribution in [0.5, 0.6) is 11.6 Å². The van der Waals surface area contributed by atoms with Crippen molar-refractivity contribution in [1.29, 1.82) is 0 Å². The van der Waals surface area contributed by atoms with E-state index < -0.39 is 29.2 Å². The minimum Gasteiger partial charge on any atom is -0.439 e. The molecule has 2 heterocycles. The van der Waals surface area contributed by atoms with Crippen molar-refractivity contribution in [2.75, 3.05) is 10.6 Å². The van der Waals surface area contributed by atoms with E-state index in [-0.39, 0.29) is 24.1 Å². The topological polar surface area (TPSA) is 93.2 Å². The summed E-state index contributed by atoms with van der Waals surface area (Å²) >= 11 is 0. The standard InChI is InChI=1S/C24H20F4N4O3/c1-13-8-22(35-17-6-7-29-20(11-17)32-23(34)14-2-3-14)30-12-15(13)9-21(33)31-19-10-16(24(26,27)28)4-5-18(19)25/h4-8,10-12,14H,2-3,9H2,1H3,(H,31,33)(H,29,32,34). The van der Waals surface area contributed by atoms with Gasteiger partial charge in [0.15, 0.2) is 0 Å². The molecule has 2 aromatic heterocycles. The molecule has 1 aliphatic rings. The molecule has 1 saturated carbocycles. The Bertz CT molecular complexity index is 1280. The van der Waals surface area contributed by atoms with Gasteiger partial charge in [0.05, 0.1) is 17.7 Å². The van der Waals surface area contributed by atoms with E-state index >= 15 is 0 Å². The van der Waals surface area contributed by atoms with Crippen molar-refractivity contribution in [3.8, 4) is 11.6 Å². The average Bonchev–Trinajstić information content (AvgIpc) is 3.62. The second-order valence-electron chi connectivity index (χ2n) is 8.11. The third-order valence-corrected chi connectivity index (χ3v) is 5.27. The average molecular weight is 488 g/mol. The summed E-state index contributed by atoms with van der Waals surface area (Å²) < 4.78 is 58.2. The van der Waals surface area contributed by atoms with Crippen LogP contribution >= 0.6 is 0 Å². The fraction of sp³-hybridized carbons (Fsp3) is 0.250. The zero-order valence-electron chi connectivity index (χ0n) is 18.4. The smallest absolute Gasteiger partial charge is 0.416 e. The van der Waals surface area contributed by atoms with Gasteiger partial charge in [0.2, 0.25) is 17.7 Å². The molecule has 11 heteroatoms. The second-order valence-corrected chi connectivity index (χ2v) is 8.11. The van der Waals surface area contributed by atoms with Gasteiger partial charge in [-0.1, -0.05) is 0 Å². The molecule has 4 rings (SSSR count). The Morgan fingerprint density at radius 1 is 1.09 bits per heavy atom. The molecule has 3 aromatic rings. The number of nitrogens with zero attached hydrogens (tertiary/aromatic N) is 2. The van der Waals surface area contributed by atoms with E-state index in [9.17, 15) is 27.2 Å². The Kier molecular flexibility index (Phi) is 6.68. The summed E-state index contributed by atoms with van der Waals surface area (Å²) in [5.41, 5.74) is -0.516. The molecule has 0 aliphatic heterocycles. The van der Waals surface area contributed by atoms with Crippen molar-refractivity contribution in [3.63, 3.8) is 0 Å². The van der Waals surface area contributed by atoms with Crippen LogP contribution in [0.15, 0.2) is 48.8 Å². The van der Waals surface area contributed by atoms with Gasteiger partial charge >= 0.3 is 6.18 Å². The maximum absolute atomic E-state index is 13.9. The van der Waals surface area contributed by atoms with Crippen molar-refractivity contribution in [2.45, 2.75) is 32.4 Å². The molecule has 0 unspecified atom stereocenters. The van der Waals surface area contributed by atoms with Gasteiger partial charge in [-0.15, -0.1) is 0 Å². The first-order valence-electron chi connectivity index (χ1n) is 10.7. The number of carbonyl (C=O) groups is 2. The summed E-state index contributed by atoms with van der Waals surface area (Å²) in [6, 6.07) is 6.53. The van der Waals surface area contributed by atoms with Crippen molar-refractivity contribution >= 4 is 23.3 Å². The van der Waals surface area contributed by atoms with Gasteiger partial charge in [-0.05, 0) is 55.2 Å². The molecule has 2 N–H and O–H groups in total. The maximum Gasteiger partial charge on any atom is 0.416 e. The van der Waals surface area contributed by atoms with Crippen LogP contribution in [-0.4, -0.2) is 21.8 Å². The molecular weight excluding hydrogens is 468 g/mol. The molecule has 0 radical (unpaired) electrons. The summed E-state index contributed by atoms with van der Waals surface area (Å²) in [5.74, 6) is -0.769. The van der Waals surface area contributed by atoms with Crippen LogP contribution < -0.4 is 15.4 Å². The van der Waals surface area contributed by atoms with Crippen molar-refractivity contribution in [2.24, 2.45) is 5.92 Å². The number of rotatable bonds is 7. The number of pyridine rings is 2. The highest BCUT2D eigenvalue weighted by molar-refractivity contribution is 5.93. The summed E-state index contributed by atoms with van der Waals surface area (Å²) in [5, 5.41) is 4.90. The highest BCUT2D eigenvalue weighted by Crippen LogP contribution is 2.32. The van der Waals surface area contributed by atoms with Crippen LogP contribution in [0.2, 0.25) is 0 Å². The summed E-state index contributed by atoms with van der Waals surface area (Å²) in [6.07, 6.45) is -0.293. The van der Waals surface area contributed by atoms with E-state index in [1.807, 2.05) is 0 Å². The number of ether oxygens (including phenoxy) is 1. The Balaban J connectivity index is 1.40. The highest BCUT2D eigenvalue weighted by atomic mass is 19.4. The SMILES string of the molecule is Cc1cc(Oc2ccnc(NC(=O)C3CC3)c2)ncc1CC(=O)Nc1cc(C(F)(F)F)ccc1F. The number of carbonyl (C=O) groups excluding carboxylic acids is 2. The molecule has 1 aromatic carbocycles. The fourth-order valence-electron chi connectivity index (χ4n) is 3.20. The molecule has 0 bridgehead atoms. The third-order valence-electron chi connectivity index (χ3n) is 5.27. The molecular formula is C24H20F4N4O3. The van der Waals surface area contributed by atoms with Gasteiger partial charge in [-0.25, -0.2) is 14.4 Å². The number of aryl methyl sites for hydroxylation is 1. The fourth-order valence-corrected chi connectivity index (χ4v) is 3.20. The van der Waals surface area contributed by atoms with Gasteiger partial charge in [0, 0.05) is 30.4 Å². The number of anilines is 2. The van der Waals surface area contributed by atoms with Crippen molar-refractivity contribution < 1.29 is 31.9 Å². The van der Waals surface area contributed by atoms with E-state index in [2.05, 4.69) is 20.6 Å². The lowest BCUT2D eigenvalue weighted by Crippen LogP contribution is -2.17. The van der Waals surface area contributed by atoms with Crippen molar-refractivity contribution in [1.82, 2.24) is 9.97 Å².